The molecule has 2 atom stereocenters. The Morgan fingerprint density at radius 1 is 1.05 bits per heavy atom. The van der Waals surface area contributed by atoms with Crippen LogP contribution in [0.25, 0.3) is 33.5 Å². The van der Waals surface area contributed by atoms with Crippen molar-refractivity contribution in [2.24, 2.45) is 5.92 Å². The van der Waals surface area contributed by atoms with Crippen molar-refractivity contribution < 1.29 is 19.0 Å². The van der Waals surface area contributed by atoms with Gasteiger partial charge in [0, 0.05) is 49.6 Å². The second-order valence-electron chi connectivity index (χ2n) is 9.05. The number of rotatable bonds is 8. The number of imidazole rings is 1. The number of anilines is 1. The van der Waals surface area contributed by atoms with Crippen molar-refractivity contribution >= 4 is 23.1 Å². The van der Waals surface area contributed by atoms with Crippen LogP contribution in [0.15, 0.2) is 48.9 Å². The van der Waals surface area contributed by atoms with E-state index in [1.165, 1.54) is 0 Å². The molecule has 0 radical (unpaired) electrons. The highest BCUT2D eigenvalue weighted by Gasteiger charge is 2.34. The lowest BCUT2D eigenvalue weighted by atomic mass is 9.99. The van der Waals surface area contributed by atoms with E-state index in [1.54, 1.807) is 39.6 Å². The Morgan fingerprint density at radius 3 is 2.46 bits per heavy atom. The van der Waals surface area contributed by atoms with Gasteiger partial charge >= 0.3 is 6.09 Å². The summed E-state index contributed by atoms with van der Waals surface area (Å²) in [5.74, 6) is 1.30. The van der Waals surface area contributed by atoms with E-state index >= 15 is 0 Å². The number of aromatic nitrogens is 5. The molecule has 1 fully saturated rings. The van der Waals surface area contributed by atoms with Crippen LogP contribution in [0.5, 0.6) is 0 Å². The van der Waals surface area contributed by atoms with E-state index in [-0.39, 0.29) is 24.8 Å². The number of hydrogen-bond donors (Lipinski definition) is 2. The van der Waals surface area contributed by atoms with E-state index in [1.807, 2.05) is 18.3 Å². The highest BCUT2D eigenvalue weighted by molar-refractivity contribution is 5.96. The molecule has 1 aliphatic carbocycles. The number of benzene rings is 1. The zero-order chi connectivity index (χ0) is 25.8. The average Bonchev–Trinajstić information content (AvgIpc) is 3.51. The summed E-state index contributed by atoms with van der Waals surface area (Å²) < 4.78 is 16.1. The van der Waals surface area contributed by atoms with Gasteiger partial charge in [0.15, 0.2) is 5.82 Å². The Hall–Kier alpha value is -3.89. The number of aromatic amines is 1. The first-order valence-electron chi connectivity index (χ1n) is 12.3. The SMILES string of the molecule is CCOC(=O)Nc1nc2c(-c3ncccn3)cc(-c3ccc(CC4C[C@@H](OC)[C@H](OC)C4)nc3)cc2[nH]1. The van der Waals surface area contributed by atoms with Crippen LogP contribution in [0, 0.1) is 5.92 Å². The molecule has 0 aliphatic heterocycles. The van der Waals surface area contributed by atoms with Crippen LogP contribution in [0.4, 0.5) is 10.7 Å². The van der Waals surface area contributed by atoms with Gasteiger partial charge < -0.3 is 19.2 Å². The second kappa shape index (κ2) is 11.0. The number of hydrogen-bond acceptors (Lipinski definition) is 8. The van der Waals surface area contributed by atoms with Crippen molar-refractivity contribution in [2.45, 2.75) is 38.4 Å². The number of nitrogens with zero attached hydrogens (tertiary/aromatic N) is 4. The number of H-pyrrole nitrogens is 1. The number of nitrogens with one attached hydrogen (secondary N) is 2. The Balaban J connectivity index is 1.43. The Morgan fingerprint density at radius 2 is 1.81 bits per heavy atom. The third-order valence-electron chi connectivity index (χ3n) is 6.70. The Bertz CT molecular complexity index is 1350. The molecule has 1 amide bonds. The predicted octanol–water partition coefficient (Wildman–Crippen LogP) is 4.63. The minimum absolute atomic E-state index is 0.136. The largest absolute Gasteiger partial charge is 0.450 e. The maximum Gasteiger partial charge on any atom is 0.413 e. The van der Waals surface area contributed by atoms with Crippen molar-refractivity contribution in [3.05, 3.63) is 54.6 Å². The summed E-state index contributed by atoms with van der Waals surface area (Å²) in [6.45, 7) is 2.01. The van der Waals surface area contributed by atoms with Crippen LogP contribution in [-0.2, 0) is 20.6 Å². The molecule has 2 N–H and O–H groups in total. The molecule has 4 aromatic rings. The summed E-state index contributed by atoms with van der Waals surface area (Å²) in [6, 6.07) is 9.88. The van der Waals surface area contributed by atoms with E-state index in [4.69, 9.17) is 19.2 Å². The van der Waals surface area contributed by atoms with E-state index in [2.05, 4.69) is 37.4 Å². The number of methoxy groups -OCH3 is 2. The molecule has 3 heterocycles. The summed E-state index contributed by atoms with van der Waals surface area (Å²) in [6.07, 6.45) is 7.78. The molecular weight excluding hydrogens is 472 g/mol. The quantitative estimate of drug-likeness (QED) is 0.357. The minimum atomic E-state index is -0.574. The molecule has 5 rings (SSSR count). The van der Waals surface area contributed by atoms with Crippen LogP contribution in [0.2, 0.25) is 0 Å². The normalized spacial score (nSPS) is 17.8. The summed E-state index contributed by atoms with van der Waals surface area (Å²) in [7, 11) is 3.49. The van der Waals surface area contributed by atoms with Gasteiger partial charge in [0.1, 0.15) is 5.52 Å². The van der Waals surface area contributed by atoms with Gasteiger partial charge in [-0.2, -0.15) is 0 Å². The van der Waals surface area contributed by atoms with Crippen molar-refractivity contribution in [1.82, 2.24) is 24.9 Å². The highest BCUT2D eigenvalue weighted by atomic mass is 16.5. The fraction of sp³-hybridized carbons (Fsp3) is 0.370. The van der Waals surface area contributed by atoms with Gasteiger partial charge in [0.25, 0.3) is 0 Å². The molecule has 1 saturated carbocycles. The number of pyridine rings is 1. The molecule has 0 spiro atoms. The number of ether oxygens (including phenoxy) is 3. The van der Waals surface area contributed by atoms with Crippen LogP contribution < -0.4 is 5.32 Å². The van der Waals surface area contributed by atoms with Crippen molar-refractivity contribution in [3.8, 4) is 22.5 Å². The third kappa shape index (κ3) is 5.45. The fourth-order valence-electron chi connectivity index (χ4n) is 4.95. The molecule has 10 heteroatoms. The van der Waals surface area contributed by atoms with Crippen molar-refractivity contribution in [1.29, 1.82) is 0 Å². The Labute approximate surface area is 214 Å². The molecule has 0 unspecified atom stereocenters. The van der Waals surface area contributed by atoms with Gasteiger partial charge in [-0.05, 0) is 61.9 Å². The topological polar surface area (TPSA) is 124 Å². The first-order valence-corrected chi connectivity index (χ1v) is 12.3. The van der Waals surface area contributed by atoms with Gasteiger partial charge in [0.2, 0.25) is 5.95 Å². The van der Waals surface area contributed by atoms with Crippen LogP contribution in [-0.4, -0.2) is 64.0 Å². The van der Waals surface area contributed by atoms with Crippen molar-refractivity contribution in [3.63, 3.8) is 0 Å². The van der Waals surface area contributed by atoms with Crippen LogP contribution in [0.3, 0.4) is 0 Å². The molecule has 0 bridgehead atoms. The lowest BCUT2D eigenvalue weighted by Gasteiger charge is -2.15. The second-order valence-corrected chi connectivity index (χ2v) is 9.05. The van der Waals surface area contributed by atoms with E-state index in [0.29, 0.717) is 17.3 Å². The molecule has 10 nitrogen and oxygen atoms in total. The molecule has 1 aromatic carbocycles. The van der Waals surface area contributed by atoms with E-state index in [0.717, 1.165) is 47.2 Å². The average molecular weight is 503 g/mol. The lowest BCUT2D eigenvalue weighted by Crippen LogP contribution is -2.23. The maximum absolute atomic E-state index is 11.9. The lowest BCUT2D eigenvalue weighted by molar-refractivity contribution is -0.0157. The molecule has 3 aromatic heterocycles. The number of fused-ring (bicyclic) bond motifs is 1. The van der Waals surface area contributed by atoms with Gasteiger partial charge in [-0.25, -0.2) is 19.7 Å². The standard InChI is InChI=1S/C27H30N6O4/c1-4-37-27(34)33-26-31-21-14-18(13-20(24(21)32-26)25-28-8-5-9-29-25)17-6-7-19(30-15-17)10-16-11-22(35-2)23(12-16)36-3/h5-9,13-16,22-23H,4,10-12H2,1-3H3,(H2,31,32,33,34)/t22-,23-/m1/s1. The zero-order valence-electron chi connectivity index (χ0n) is 21.1. The number of carbonyl (C=O) groups is 1. The first kappa shape index (κ1) is 24.8. The third-order valence-corrected chi connectivity index (χ3v) is 6.70. The molecule has 37 heavy (non-hydrogen) atoms. The maximum atomic E-state index is 11.9. The van der Waals surface area contributed by atoms with Gasteiger partial charge in [-0.15, -0.1) is 0 Å². The first-order chi connectivity index (χ1) is 18.1. The summed E-state index contributed by atoms with van der Waals surface area (Å²) in [5.41, 5.74) is 5.04. The molecule has 1 aliphatic rings. The Kier molecular flexibility index (Phi) is 7.38. The van der Waals surface area contributed by atoms with Gasteiger partial charge in [-0.3, -0.25) is 10.3 Å². The van der Waals surface area contributed by atoms with E-state index in [9.17, 15) is 4.79 Å². The summed E-state index contributed by atoms with van der Waals surface area (Å²) in [4.78, 5) is 33.2. The smallest absolute Gasteiger partial charge is 0.413 e. The van der Waals surface area contributed by atoms with Crippen LogP contribution in [0.1, 0.15) is 25.5 Å². The predicted molar refractivity (Wildman–Crippen MR) is 139 cm³/mol. The fourth-order valence-corrected chi connectivity index (χ4v) is 4.95. The molecule has 192 valence electrons. The summed E-state index contributed by atoms with van der Waals surface area (Å²) in [5, 5.41) is 2.63. The highest BCUT2D eigenvalue weighted by Crippen LogP contribution is 2.34. The van der Waals surface area contributed by atoms with Crippen LogP contribution >= 0.6 is 0 Å². The number of amides is 1. The van der Waals surface area contributed by atoms with E-state index < -0.39 is 6.09 Å². The van der Waals surface area contributed by atoms with Gasteiger partial charge in [-0.1, -0.05) is 6.07 Å². The molecular formula is C27H30N6O4. The monoisotopic (exact) mass is 502 g/mol. The summed E-state index contributed by atoms with van der Waals surface area (Å²) >= 11 is 0. The molecule has 0 saturated heterocycles. The van der Waals surface area contributed by atoms with Crippen molar-refractivity contribution in [2.75, 3.05) is 26.1 Å². The minimum Gasteiger partial charge on any atom is -0.450 e. The zero-order valence-corrected chi connectivity index (χ0v) is 21.1. The van der Waals surface area contributed by atoms with Gasteiger partial charge in [0.05, 0.1) is 24.3 Å². The number of carbonyl (C=O) groups excluding carboxylic acids is 1.